The first-order valence-corrected chi connectivity index (χ1v) is 5.18. The summed E-state index contributed by atoms with van der Waals surface area (Å²) in [4.78, 5) is 11.8. The van der Waals surface area contributed by atoms with Crippen molar-refractivity contribution in [2.45, 2.75) is 6.92 Å². The van der Waals surface area contributed by atoms with Gasteiger partial charge in [0.15, 0.2) is 0 Å². The zero-order valence-corrected chi connectivity index (χ0v) is 8.86. The van der Waals surface area contributed by atoms with Gasteiger partial charge in [0.1, 0.15) is 5.58 Å². The Morgan fingerprint density at radius 1 is 0.938 bits per heavy atom. The SMILES string of the molecule is Cc1cccc2c(=O)oc3ccccc3c12. The van der Waals surface area contributed by atoms with Crippen LogP contribution in [-0.2, 0) is 0 Å². The second-order valence-electron chi connectivity index (χ2n) is 3.88. The second-order valence-corrected chi connectivity index (χ2v) is 3.88. The molecule has 0 N–H and O–H groups in total. The number of para-hydroxylation sites is 1. The van der Waals surface area contributed by atoms with E-state index < -0.39 is 0 Å². The first kappa shape index (κ1) is 9.16. The zero-order chi connectivity index (χ0) is 11.1. The minimum absolute atomic E-state index is 0.266. The van der Waals surface area contributed by atoms with Gasteiger partial charge in [-0.05, 0) is 24.6 Å². The smallest absolute Gasteiger partial charge is 0.344 e. The van der Waals surface area contributed by atoms with E-state index in [-0.39, 0.29) is 5.63 Å². The maximum Gasteiger partial charge on any atom is 0.344 e. The van der Waals surface area contributed by atoms with Crippen LogP contribution in [0, 0.1) is 6.92 Å². The summed E-state index contributed by atoms with van der Waals surface area (Å²) in [6.45, 7) is 2.01. The minimum Gasteiger partial charge on any atom is -0.422 e. The van der Waals surface area contributed by atoms with Gasteiger partial charge in [0.05, 0.1) is 5.39 Å². The average molecular weight is 210 g/mol. The van der Waals surface area contributed by atoms with Crippen LogP contribution in [0.25, 0.3) is 21.7 Å². The summed E-state index contributed by atoms with van der Waals surface area (Å²) >= 11 is 0. The predicted molar refractivity (Wildman–Crippen MR) is 64.7 cm³/mol. The van der Waals surface area contributed by atoms with Crippen LogP contribution in [0.5, 0.6) is 0 Å². The average Bonchev–Trinajstić information content (AvgIpc) is 2.30. The molecule has 2 aromatic carbocycles. The van der Waals surface area contributed by atoms with Crippen LogP contribution in [0.3, 0.4) is 0 Å². The Morgan fingerprint density at radius 2 is 1.69 bits per heavy atom. The van der Waals surface area contributed by atoms with Crippen LogP contribution in [0.4, 0.5) is 0 Å². The fraction of sp³-hybridized carbons (Fsp3) is 0.0714. The molecule has 0 aliphatic heterocycles. The number of hydrogen-bond acceptors (Lipinski definition) is 2. The van der Waals surface area contributed by atoms with Crippen LogP contribution in [-0.4, -0.2) is 0 Å². The molecule has 0 saturated heterocycles. The Labute approximate surface area is 92.1 Å². The molecule has 0 aliphatic rings. The summed E-state index contributed by atoms with van der Waals surface area (Å²) < 4.78 is 5.27. The summed E-state index contributed by atoms with van der Waals surface area (Å²) in [5.74, 6) is 0. The molecule has 78 valence electrons. The number of hydrogen-bond donors (Lipinski definition) is 0. The molecule has 0 unspecified atom stereocenters. The molecule has 0 bridgehead atoms. The molecular formula is C14H10O2. The summed E-state index contributed by atoms with van der Waals surface area (Å²) in [6, 6.07) is 13.3. The van der Waals surface area contributed by atoms with Crippen molar-refractivity contribution in [2.24, 2.45) is 0 Å². The third-order valence-corrected chi connectivity index (χ3v) is 2.85. The molecule has 2 nitrogen and oxygen atoms in total. The highest BCUT2D eigenvalue weighted by molar-refractivity contribution is 6.05. The van der Waals surface area contributed by atoms with E-state index in [1.165, 1.54) is 0 Å². The lowest BCUT2D eigenvalue weighted by molar-refractivity contribution is 0.569. The molecule has 0 saturated carbocycles. The molecule has 1 heterocycles. The van der Waals surface area contributed by atoms with E-state index in [2.05, 4.69) is 0 Å². The standard InChI is InChI=1S/C14H10O2/c1-9-5-4-7-11-13(9)10-6-2-3-8-12(10)16-14(11)15/h2-8H,1H3. The number of aryl methyl sites for hydroxylation is 1. The van der Waals surface area contributed by atoms with Gasteiger partial charge in [-0.25, -0.2) is 4.79 Å². The van der Waals surface area contributed by atoms with Gasteiger partial charge in [-0.2, -0.15) is 0 Å². The predicted octanol–water partition coefficient (Wildman–Crippen LogP) is 3.25. The Balaban J connectivity index is 2.73. The molecule has 0 spiro atoms. The highest BCUT2D eigenvalue weighted by atomic mass is 16.4. The topological polar surface area (TPSA) is 30.2 Å². The largest absolute Gasteiger partial charge is 0.422 e. The maximum atomic E-state index is 11.8. The van der Waals surface area contributed by atoms with Crippen LogP contribution < -0.4 is 5.63 Å². The van der Waals surface area contributed by atoms with Crippen molar-refractivity contribution < 1.29 is 4.42 Å². The van der Waals surface area contributed by atoms with E-state index in [0.717, 1.165) is 16.3 Å². The zero-order valence-electron chi connectivity index (χ0n) is 8.86. The van der Waals surface area contributed by atoms with E-state index in [1.807, 2.05) is 43.3 Å². The van der Waals surface area contributed by atoms with E-state index in [9.17, 15) is 4.79 Å². The first-order chi connectivity index (χ1) is 7.77. The van der Waals surface area contributed by atoms with E-state index in [4.69, 9.17) is 4.42 Å². The van der Waals surface area contributed by atoms with Gasteiger partial charge in [0, 0.05) is 10.8 Å². The lowest BCUT2D eigenvalue weighted by atomic mass is 10.0. The van der Waals surface area contributed by atoms with Crippen molar-refractivity contribution in [3.05, 3.63) is 58.4 Å². The highest BCUT2D eigenvalue weighted by Crippen LogP contribution is 2.24. The van der Waals surface area contributed by atoms with Gasteiger partial charge < -0.3 is 4.42 Å². The molecular weight excluding hydrogens is 200 g/mol. The Kier molecular flexibility index (Phi) is 1.83. The fourth-order valence-electron chi connectivity index (χ4n) is 2.11. The lowest BCUT2D eigenvalue weighted by Crippen LogP contribution is -2.00. The Hall–Kier alpha value is -2.09. The first-order valence-electron chi connectivity index (χ1n) is 5.18. The summed E-state index contributed by atoms with van der Waals surface area (Å²) in [6.07, 6.45) is 0. The van der Waals surface area contributed by atoms with Gasteiger partial charge in [-0.1, -0.05) is 30.3 Å². The van der Waals surface area contributed by atoms with Crippen molar-refractivity contribution >= 4 is 21.7 Å². The molecule has 0 aliphatic carbocycles. The number of benzene rings is 2. The van der Waals surface area contributed by atoms with Crippen molar-refractivity contribution in [1.29, 1.82) is 0 Å². The fourth-order valence-corrected chi connectivity index (χ4v) is 2.11. The lowest BCUT2D eigenvalue weighted by Gasteiger charge is -2.04. The van der Waals surface area contributed by atoms with Crippen molar-refractivity contribution in [3.63, 3.8) is 0 Å². The maximum absolute atomic E-state index is 11.8. The summed E-state index contributed by atoms with van der Waals surface area (Å²) in [5.41, 5.74) is 1.48. The van der Waals surface area contributed by atoms with Gasteiger partial charge in [0.2, 0.25) is 0 Å². The van der Waals surface area contributed by atoms with E-state index in [0.29, 0.717) is 11.0 Å². The quantitative estimate of drug-likeness (QED) is 0.421. The van der Waals surface area contributed by atoms with E-state index in [1.54, 1.807) is 6.07 Å². The summed E-state index contributed by atoms with van der Waals surface area (Å²) in [5, 5.41) is 2.64. The molecule has 0 atom stereocenters. The van der Waals surface area contributed by atoms with E-state index >= 15 is 0 Å². The molecule has 3 rings (SSSR count). The molecule has 0 amide bonds. The molecule has 0 radical (unpaired) electrons. The minimum atomic E-state index is -0.266. The third kappa shape index (κ3) is 1.16. The van der Waals surface area contributed by atoms with Crippen LogP contribution >= 0.6 is 0 Å². The van der Waals surface area contributed by atoms with Crippen molar-refractivity contribution in [1.82, 2.24) is 0 Å². The Bertz CT molecular complexity index is 738. The number of rotatable bonds is 0. The van der Waals surface area contributed by atoms with Gasteiger partial charge >= 0.3 is 5.63 Å². The van der Waals surface area contributed by atoms with Crippen molar-refractivity contribution in [2.75, 3.05) is 0 Å². The summed E-state index contributed by atoms with van der Waals surface area (Å²) in [7, 11) is 0. The highest BCUT2D eigenvalue weighted by Gasteiger charge is 2.07. The molecule has 0 fully saturated rings. The molecule has 3 aromatic rings. The monoisotopic (exact) mass is 210 g/mol. The third-order valence-electron chi connectivity index (χ3n) is 2.85. The Morgan fingerprint density at radius 3 is 2.56 bits per heavy atom. The second kappa shape index (κ2) is 3.20. The molecule has 1 aromatic heterocycles. The normalized spacial score (nSPS) is 11.1. The van der Waals surface area contributed by atoms with Crippen molar-refractivity contribution in [3.8, 4) is 0 Å². The van der Waals surface area contributed by atoms with Gasteiger partial charge in [-0.15, -0.1) is 0 Å². The van der Waals surface area contributed by atoms with Crippen LogP contribution in [0.15, 0.2) is 51.7 Å². The van der Waals surface area contributed by atoms with Gasteiger partial charge in [0.25, 0.3) is 0 Å². The van der Waals surface area contributed by atoms with Gasteiger partial charge in [-0.3, -0.25) is 0 Å². The molecule has 16 heavy (non-hydrogen) atoms. The van der Waals surface area contributed by atoms with Crippen LogP contribution in [0.1, 0.15) is 5.56 Å². The molecule has 2 heteroatoms. The van der Waals surface area contributed by atoms with Crippen LogP contribution in [0.2, 0.25) is 0 Å². The number of fused-ring (bicyclic) bond motifs is 3.